The number of benzene rings is 1. The van der Waals surface area contributed by atoms with Gasteiger partial charge in [-0.1, -0.05) is 0 Å². The molecular formula is C16H26N2O3. The second-order valence-electron chi connectivity index (χ2n) is 5.33. The molecule has 2 rings (SSSR count). The van der Waals surface area contributed by atoms with Gasteiger partial charge < -0.3 is 19.5 Å². The molecule has 5 nitrogen and oxygen atoms in total. The zero-order valence-corrected chi connectivity index (χ0v) is 13.4. The summed E-state index contributed by atoms with van der Waals surface area (Å²) in [5.74, 6) is 2.39. The summed E-state index contributed by atoms with van der Waals surface area (Å²) in [5.41, 5.74) is 1.09. The van der Waals surface area contributed by atoms with E-state index < -0.39 is 0 Å². The third-order valence-electron chi connectivity index (χ3n) is 4.12. The highest BCUT2D eigenvalue weighted by Crippen LogP contribution is 2.36. The van der Waals surface area contributed by atoms with Crippen LogP contribution in [0.4, 0.5) is 0 Å². The minimum absolute atomic E-state index is 0.575. The first kappa shape index (κ1) is 15.9. The van der Waals surface area contributed by atoms with Crippen LogP contribution in [0.5, 0.6) is 17.2 Å². The molecule has 1 aromatic rings. The number of rotatable bonds is 7. The van der Waals surface area contributed by atoms with Gasteiger partial charge in [-0.3, -0.25) is 4.90 Å². The topological polar surface area (TPSA) is 43.0 Å². The van der Waals surface area contributed by atoms with Crippen molar-refractivity contribution in [1.82, 2.24) is 10.2 Å². The van der Waals surface area contributed by atoms with Crippen LogP contribution < -0.4 is 19.5 Å². The Morgan fingerprint density at radius 2 is 1.81 bits per heavy atom. The van der Waals surface area contributed by atoms with Crippen molar-refractivity contribution in [3.05, 3.63) is 17.7 Å². The average Bonchev–Trinajstić information content (AvgIpc) is 2.95. The van der Waals surface area contributed by atoms with Gasteiger partial charge in [0.2, 0.25) is 0 Å². The molecule has 0 spiro atoms. The van der Waals surface area contributed by atoms with Crippen molar-refractivity contribution in [2.75, 3.05) is 41.5 Å². The molecule has 0 radical (unpaired) electrons. The molecule has 0 amide bonds. The summed E-state index contributed by atoms with van der Waals surface area (Å²) in [4.78, 5) is 2.49. The van der Waals surface area contributed by atoms with Crippen molar-refractivity contribution >= 4 is 0 Å². The van der Waals surface area contributed by atoms with Gasteiger partial charge in [0.1, 0.15) is 17.2 Å². The van der Waals surface area contributed by atoms with Crippen LogP contribution >= 0.6 is 0 Å². The van der Waals surface area contributed by atoms with E-state index >= 15 is 0 Å². The maximum absolute atomic E-state index is 5.53. The van der Waals surface area contributed by atoms with Crippen LogP contribution in [0.1, 0.15) is 18.4 Å². The van der Waals surface area contributed by atoms with E-state index in [1.54, 1.807) is 21.3 Å². The highest BCUT2D eigenvalue weighted by molar-refractivity contribution is 5.50. The summed E-state index contributed by atoms with van der Waals surface area (Å²) in [7, 11) is 7.03. The molecule has 1 saturated heterocycles. The van der Waals surface area contributed by atoms with Gasteiger partial charge in [-0.2, -0.15) is 0 Å². The van der Waals surface area contributed by atoms with Gasteiger partial charge in [0.15, 0.2) is 0 Å². The van der Waals surface area contributed by atoms with E-state index in [0.29, 0.717) is 6.04 Å². The first-order chi connectivity index (χ1) is 10.2. The molecule has 1 aromatic carbocycles. The zero-order valence-electron chi connectivity index (χ0n) is 13.4. The Bertz CT molecular complexity index is 440. The predicted octanol–water partition coefficient (Wildman–Crippen LogP) is 1.90. The lowest BCUT2D eigenvalue weighted by Crippen LogP contribution is -2.36. The summed E-state index contributed by atoms with van der Waals surface area (Å²) in [5, 5.41) is 3.28. The highest BCUT2D eigenvalue weighted by atomic mass is 16.5. The van der Waals surface area contributed by atoms with Crippen LogP contribution in [0.25, 0.3) is 0 Å². The molecule has 1 unspecified atom stereocenters. The third kappa shape index (κ3) is 3.60. The second kappa shape index (κ2) is 7.52. The summed E-state index contributed by atoms with van der Waals surface area (Å²) in [6.07, 6.45) is 2.48. The molecule has 1 aliphatic heterocycles. The Balaban J connectivity index is 2.25. The molecule has 1 N–H and O–H groups in total. The fourth-order valence-corrected chi connectivity index (χ4v) is 3.01. The van der Waals surface area contributed by atoms with Crippen LogP contribution in [0.2, 0.25) is 0 Å². The Morgan fingerprint density at radius 1 is 1.14 bits per heavy atom. The van der Waals surface area contributed by atoms with Gasteiger partial charge in [0.25, 0.3) is 0 Å². The van der Waals surface area contributed by atoms with Crippen molar-refractivity contribution in [3.63, 3.8) is 0 Å². The molecule has 1 aliphatic rings. The number of nitrogens with zero attached hydrogens (tertiary/aromatic N) is 1. The lowest BCUT2D eigenvalue weighted by molar-refractivity contribution is 0.234. The van der Waals surface area contributed by atoms with Crippen molar-refractivity contribution in [2.45, 2.75) is 25.4 Å². The maximum atomic E-state index is 5.53. The van der Waals surface area contributed by atoms with Gasteiger partial charge in [-0.15, -0.1) is 0 Å². The number of likely N-dealkylation sites (tertiary alicyclic amines) is 1. The Kier molecular flexibility index (Phi) is 5.70. The lowest BCUT2D eigenvalue weighted by Gasteiger charge is -2.26. The zero-order chi connectivity index (χ0) is 15.2. The van der Waals surface area contributed by atoms with E-state index in [-0.39, 0.29) is 0 Å². The molecule has 5 heteroatoms. The normalized spacial score (nSPS) is 18.8. The van der Waals surface area contributed by atoms with Crippen molar-refractivity contribution in [2.24, 2.45) is 0 Å². The van der Waals surface area contributed by atoms with Crippen LogP contribution in [-0.4, -0.2) is 52.4 Å². The Labute approximate surface area is 127 Å². The van der Waals surface area contributed by atoms with E-state index in [4.69, 9.17) is 14.2 Å². The molecule has 0 saturated carbocycles. The first-order valence-electron chi connectivity index (χ1n) is 7.41. The standard InChI is InChI=1S/C16H26N2O3/c1-17-10-12-6-5-7-18(12)11-14-15(20-3)8-13(19-2)9-16(14)21-4/h8-9,12,17H,5-7,10-11H2,1-4H3. The SMILES string of the molecule is CNCC1CCCN1Cc1c(OC)cc(OC)cc1OC. The largest absolute Gasteiger partial charge is 0.496 e. The van der Waals surface area contributed by atoms with Crippen molar-refractivity contribution in [3.8, 4) is 17.2 Å². The minimum atomic E-state index is 0.575. The number of hydrogen-bond acceptors (Lipinski definition) is 5. The summed E-state index contributed by atoms with van der Waals surface area (Å²) < 4.78 is 16.4. The van der Waals surface area contributed by atoms with Gasteiger partial charge in [-0.25, -0.2) is 0 Å². The van der Waals surface area contributed by atoms with E-state index in [1.165, 1.54) is 12.8 Å². The molecule has 118 valence electrons. The quantitative estimate of drug-likeness (QED) is 0.832. The molecule has 1 heterocycles. The second-order valence-corrected chi connectivity index (χ2v) is 5.33. The molecule has 0 bridgehead atoms. The third-order valence-corrected chi connectivity index (χ3v) is 4.12. The van der Waals surface area contributed by atoms with Gasteiger partial charge >= 0.3 is 0 Å². The molecule has 1 atom stereocenters. The molecule has 1 fully saturated rings. The monoisotopic (exact) mass is 294 g/mol. The maximum Gasteiger partial charge on any atom is 0.130 e. The van der Waals surface area contributed by atoms with Gasteiger partial charge in [-0.05, 0) is 26.4 Å². The summed E-state index contributed by atoms with van der Waals surface area (Å²) in [6, 6.07) is 4.41. The van der Waals surface area contributed by atoms with E-state index in [9.17, 15) is 0 Å². The highest BCUT2D eigenvalue weighted by Gasteiger charge is 2.26. The fraction of sp³-hybridized carbons (Fsp3) is 0.625. The number of ether oxygens (including phenoxy) is 3. The average molecular weight is 294 g/mol. The van der Waals surface area contributed by atoms with Crippen LogP contribution in [0.15, 0.2) is 12.1 Å². The molecule has 0 aliphatic carbocycles. The predicted molar refractivity (Wildman–Crippen MR) is 83.5 cm³/mol. The fourth-order valence-electron chi connectivity index (χ4n) is 3.01. The van der Waals surface area contributed by atoms with E-state index in [0.717, 1.165) is 42.4 Å². The van der Waals surface area contributed by atoms with Gasteiger partial charge in [0, 0.05) is 31.3 Å². The smallest absolute Gasteiger partial charge is 0.130 e. The Hall–Kier alpha value is -1.46. The van der Waals surface area contributed by atoms with Crippen LogP contribution in [-0.2, 0) is 6.54 Å². The van der Waals surface area contributed by atoms with Crippen molar-refractivity contribution in [1.29, 1.82) is 0 Å². The molecule has 0 aromatic heterocycles. The number of likely N-dealkylation sites (N-methyl/N-ethyl adjacent to an activating group) is 1. The van der Waals surface area contributed by atoms with Gasteiger partial charge in [0.05, 0.1) is 26.9 Å². The number of hydrogen-bond donors (Lipinski definition) is 1. The van der Waals surface area contributed by atoms with Crippen molar-refractivity contribution < 1.29 is 14.2 Å². The first-order valence-corrected chi connectivity index (χ1v) is 7.41. The molecule has 21 heavy (non-hydrogen) atoms. The summed E-state index contributed by atoms with van der Waals surface area (Å²) >= 11 is 0. The summed E-state index contributed by atoms with van der Waals surface area (Å²) in [6.45, 7) is 2.97. The van der Waals surface area contributed by atoms with Crippen LogP contribution in [0, 0.1) is 0 Å². The number of nitrogens with one attached hydrogen (secondary N) is 1. The van der Waals surface area contributed by atoms with E-state index in [2.05, 4.69) is 10.2 Å². The molecular weight excluding hydrogens is 268 g/mol. The Morgan fingerprint density at radius 3 is 2.33 bits per heavy atom. The van der Waals surface area contributed by atoms with E-state index in [1.807, 2.05) is 19.2 Å². The van der Waals surface area contributed by atoms with Crippen LogP contribution in [0.3, 0.4) is 0 Å². The minimum Gasteiger partial charge on any atom is -0.496 e. The number of methoxy groups -OCH3 is 3. The lowest BCUT2D eigenvalue weighted by atomic mass is 10.1.